The number of carbonyl (C=O) groups excluding carboxylic acids is 2. The minimum atomic E-state index is -0.562. The molecule has 1 rings (SSSR count). The molecule has 0 bridgehead atoms. The van der Waals surface area contributed by atoms with Crippen LogP contribution in [0.1, 0.15) is 34.1 Å². The topological polar surface area (TPSA) is 70.1 Å². The zero-order valence-corrected chi connectivity index (χ0v) is 12.2. The van der Waals surface area contributed by atoms with Gasteiger partial charge in [-0.05, 0) is 34.1 Å². The molecule has 6 nitrogen and oxygen atoms in total. The second kappa shape index (κ2) is 6.23. The number of piperazine rings is 1. The third kappa shape index (κ3) is 4.38. The van der Waals surface area contributed by atoms with Gasteiger partial charge in [-0.15, -0.1) is 0 Å². The summed E-state index contributed by atoms with van der Waals surface area (Å²) in [7, 11) is 0. The third-order valence-corrected chi connectivity index (χ3v) is 2.96. The molecule has 19 heavy (non-hydrogen) atoms. The van der Waals surface area contributed by atoms with Gasteiger partial charge in [0.2, 0.25) is 5.91 Å². The molecule has 0 saturated carbocycles. The molecule has 0 radical (unpaired) electrons. The average molecular weight is 272 g/mol. The Morgan fingerprint density at radius 1 is 1.42 bits per heavy atom. The summed E-state index contributed by atoms with van der Waals surface area (Å²) in [6.07, 6.45) is 0.111. The van der Waals surface area contributed by atoms with E-state index < -0.39 is 17.7 Å². The molecule has 0 aliphatic carbocycles. The van der Waals surface area contributed by atoms with Crippen LogP contribution in [-0.4, -0.2) is 64.8 Å². The monoisotopic (exact) mass is 272 g/mol. The number of rotatable bonds is 3. The van der Waals surface area contributed by atoms with Gasteiger partial charge in [0.25, 0.3) is 0 Å². The van der Waals surface area contributed by atoms with Crippen molar-refractivity contribution in [1.82, 2.24) is 9.80 Å². The maximum Gasteiger partial charge on any atom is 0.411 e. The minimum absolute atomic E-state index is 0.0634. The van der Waals surface area contributed by atoms with E-state index in [9.17, 15) is 9.59 Å². The number of aliphatic hydroxyl groups excluding tert-OH is 1. The van der Waals surface area contributed by atoms with E-state index in [1.807, 2.05) is 0 Å². The van der Waals surface area contributed by atoms with E-state index >= 15 is 0 Å². The molecule has 6 heteroatoms. The van der Waals surface area contributed by atoms with Gasteiger partial charge in [-0.25, -0.2) is 4.79 Å². The molecule has 1 atom stereocenters. The highest BCUT2D eigenvalue weighted by molar-refractivity contribution is 5.86. The van der Waals surface area contributed by atoms with Gasteiger partial charge in [-0.1, -0.05) is 0 Å². The van der Waals surface area contributed by atoms with Crippen LogP contribution in [0.3, 0.4) is 0 Å². The first-order valence-corrected chi connectivity index (χ1v) is 6.65. The Bertz CT molecular complexity index is 338. The van der Waals surface area contributed by atoms with E-state index in [0.717, 1.165) is 0 Å². The average Bonchev–Trinajstić information content (AvgIpc) is 2.28. The lowest BCUT2D eigenvalue weighted by Gasteiger charge is -2.39. The quantitative estimate of drug-likeness (QED) is 0.826. The number of amides is 2. The number of aliphatic hydroxyl groups is 1. The van der Waals surface area contributed by atoms with Gasteiger partial charge in [0.1, 0.15) is 11.6 Å². The van der Waals surface area contributed by atoms with Gasteiger partial charge in [-0.3, -0.25) is 9.69 Å². The Kier molecular flexibility index (Phi) is 5.17. The van der Waals surface area contributed by atoms with Gasteiger partial charge in [0, 0.05) is 26.2 Å². The molecule has 1 unspecified atom stereocenters. The lowest BCUT2D eigenvalue weighted by atomic mass is 10.1. The van der Waals surface area contributed by atoms with Crippen LogP contribution in [-0.2, 0) is 9.53 Å². The summed E-state index contributed by atoms with van der Waals surface area (Å²) in [5, 5.41) is 8.79. The van der Waals surface area contributed by atoms with Crippen LogP contribution in [0.5, 0.6) is 0 Å². The van der Waals surface area contributed by atoms with Gasteiger partial charge < -0.3 is 14.7 Å². The molecule has 1 aliphatic rings. The lowest BCUT2D eigenvalue weighted by Crippen LogP contribution is -2.58. The highest BCUT2D eigenvalue weighted by Crippen LogP contribution is 2.16. The van der Waals surface area contributed by atoms with Gasteiger partial charge in [-0.2, -0.15) is 0 Å². The third-order valence-electron chi connectivity index (χ3n) is 2.96. The molecule has 0 aromatic heterocycles. The number of ether oxygens (including phenoxy) is 1. The van der Waals surface area contributed by atoms with Gasteiger partial charge in [0.15, 0.2) is 0 Å². The van der Waals surface area contributed by atoms with Crippen LogP contribution in [0.4, 0.5) is 4.79 Å². The van der Waals surface area contributed by atoms with Crippen molar-refractivity contribution in [3.8, 4) is 0 Å². The number of carbonyl (C=O) groups is 2. The minimum Gasteiger partial charge on any atom is -0.444 e. The van der Waals surface area contributed by atoms with Crippen molar-refractivity contribution < 1.29 is 19.4 Å². The molecule has 0 spiro atoms. The molecular formula is C13H24N2O4. The van der Waals surface area contributed by atoms with Crippen LogP contribution < -0.4 is 0 Å². The van der Waals surface area contributed by atoms with E-state index in [0.29, 0.717) is 26.1 Å². The summed E-state index contributed by atoms with van der Waals surface area (Å²) in [5.41, 5.74) is -0.562. The van der Waals surface area contributed by atoms with Gasteiger partial charge in [0.05, 0.1) is 0 Å². The first kappa shape index (κ1) is 15.8. The molecule has 110 valence electrons. The zero-order valence-electron chi connectivity index (χ0n) is 12.2. The smallest absolute Gasteiger partial charge is 0.411 e. The Hall–Kier alpha value is -1.30. The zero-order chi connectivity index (χ0) is 14.6. The predicted octanol–water partition coefficient (Wildman–Crippen LogP) is 0.837. The fourth-order valence-corrected chi connectivity index (χ4v) is 1.98. The summed E-state index contributed by atoms with van der Waals surface area (Å²) < 4.78 is 5.29. The van der Waals surface area contributed by atoms with E-state index in [2.05, 4.69) is 0 Å². The highest BCUT2D eigenvalue weighted by Gasteiger charge is 2.36. The van der Waals surface area contributed by atoms with E-state index in [1.165, 1.54) is 4.90 Å². The molecule has 1 N–H and O–H groups in total. The van der Waals surface area contributed by atoms with Crippen molar-refractivity contribution >= 4 is 12.0 Å². The van der Waals surface area contributed by atoms with Crippen molar-refractivity contribution in [2.24, 2.45) is 0 Å². The number of hydrogen-bond acceptors (Lipinski definition) is 4. The fourth-order valence-electron chi connectivity index (χ4n) is 1.98. The summed E-state index contributed by atoms with van der Waals surface area (Å²) in [4.78, 5) is 27.2. The molecule has 1 aliphatic heterocycles. The van der Waals surface area contributed by atoms with Crippen molar-refractivity contribution in [3.05, 3.63) is 0 Å². The Balaban J connectivity index is 2.61. The van der Waals surface area contributed by atoms with E-state index in [4.69, 9.17) is 9.84 Å². The summed E-state index contributed by atoms with van der Waals surface area (Å²) in [6.45, 7) is 8.65. The van der Waals surface area contributed by atoms with Crippen LogP contribution in [0, 0.1) is 0 Å². The molecular weight excluding hydrogens is 248 g/mol. The summed E-state index contributed by atoms with van der Waals surface area (Å²) >= 11 is 0. The van der Waals surface area contributed by atoms with Crippen LogP contribution in [0.15, 0.2) is 0 Å². The lowest BCUT2D eigenvalue weighted by molar-refractivity contribution is -0.140. The molecule has 2 amide bonds. The van der Waals surface area contributed by atoms with Crippen molar-refractivity contribution in [2.45, 2.75) is 45.8 Å². The number of hydrogen-bond donors (Lipinski definition) is 1. The highest BCUT2D eigenvalue weighted by atomic mass is 16.6. The van der Waals surface area contributed by atoms with Crippen molar-refractivity contribution in [3.63, 3.8) is 0 Å². The van der Waals surface area contributed by atoms with Crippen molar-refractivity contribution in [2.75, 3.05) is 26.2 Å². The Labute approximate surface area is 114 Å². The first-order chi connectivity index (χ1) is 8.76. The Morgan fingerprint density at radius 2 is 2.05 bits per heavy atom. The molecule has 0 aromatic carbocycles. The second-order valence-electron chi connectivity index (χ2n) is 5.75. The van der Waals surface area contributed by atoms with Crippen molar-refractivity contribution in [1.29, 1.82) is 0 Å². The predicted molar refractivity (Wildman–Crippen MR) is 70.7 cm³/mol. The molecule has 1 fully saturated rings. The van der Waals surface area contributed by atoms with E-state index in [-0.39, 0.29) is 12.5 Å². The molecule has 0 aromatic rings. The number of nitrogens with zero attached hydrogens (tertiary/aromatic N) is 2. The van der Waals surface area contributed by atoms with Crippen LogP contribution >= 0.6 is 0 Å². The summed E-state index contributed by atoms with van der Waals surface area (Å²) in [5.74, 6) is -0.0921. The van der Waals surface area contributed by atoms with E-state index in [1.54, 1.807) is 32.6 Å². The molecule has 1 heterocycles. The second-order valence-corrected chi connectivity index (χ2v) is 5.75. The van der Waals surface area contributed by atoms with Crippen LogP contribution in [0.2, 0.25) is 0 Å². The van der Waals surface area contributed by atoms with Gasteiger partial charge >= 0.3 is 6.09 Å². The maximum absolute atomic E-state index is 12.1. The van der Waals surface area contributed by atoms with Crippen LogP contribution in [0.25, 0.3) is 0 Å². The standard InChI is InChI=1S/C13H24N2O4/c1-10-11(17)14(6-5-9-16)7-8-15(10)12(18)19-13(2,3)4/h10,16H,5-9H2,1-4H3. The first-order valence-electron chi connectivity index (χ1n) is 6.65. The summed E-state index contributed by atoms with van der Waals surface area (Å²) in [6, 6.07) is -0.512. The normalized spacial score (nSPS) is 20.7. The largest absolute Gasteiger partial charge is 0.444 e. The Morgan fingerprint density at radius 3 is 2.58 bits per heavy atom. The SMILES string of the molecule is CC1C(=O)N(CCCO)CCN1C(=O)OC(C)(C)C. The maximum atomic E-state index is 12.1. The fraction of sp³-hybridized carbons (Fsp3) is 0.846. The molecule has 1 saturated heterocycles.